The molecule has 3 fully saturated rings. The van der Waals surface area contributed by atoms with Crippen molar-refractivity contribution in [2.24, 2.45) is 5.92 Å². The van der Waals surface area contributed by atoms with Crippen LogP contribution in [0.5, 0.6) is 23.0 Å². The molecule has 0 saturated carbocycles. The Morgan fingerprint density at radius 2 is 1.59 bits per heavy atom. The topological polar surface area (TPSA) is 186 Å². The number of phenols is 2. The van der Waals surface area contributed by atoms with Crippen LogP contribution in [0.3, 0.4) is 0 Å². The Morgan fingerprint density at radius 1 is 0.898 bits per heavy atom. The highest BCUT2D eigenvalue weighted by Crippen LogP contribution is 2.52. The van der Waals surface area contributed by atoms with Crippen molar-refractivity contribution in [2.75, 3.05) is 34.0 Å². The van der Waals surface area contributed by atoms with E-state index < -0.39 is 137 Å². The summed E-state index contributed by atoms with van der Waals surface area (Å²) < 4.78 is 114. The van der Waals surface area contributed by atoms with Gasteiger partial charge in [-0.05, 0) is 25.8 Å². The zero-order valence-electron chi connectivity index (χ0n) is 31.2. The molecule has 8 rings (SSSR count). The minimum absolute atomic E-state index is 0.0373. The van der Waals surface area contributed by atoms with E-state index in [0.29, 0.717) is 13.2 Å². The second-order valence-corrected chi connectivity index (χ2v) is 14.4. The molecule has 0 spiro atoms. The predicted molar refractivity (Wildman–Crippen MR) is 183 cm³/mol. The quantitative estimate of drug-likeness (QED) is 0.0630. The number of hydrogen-bond donors (Lipinski definition) is 2. The van der Waals surface area contributed by atoms with Crippen LogP contribution < -0.4 is 9.47 Å². The van der Waals surface area contributed by atoms with Gasteiger partial charge in [-0.15, -0.1) is 0 Å². The molecular weight excluding hydrogens is 801 g/mol. The van der Waals surface area contributed by atoms with Crippen LogP contribution in [0.2, 0.25) is 0 Å². The number of ketones is 3. The van der Waals surface area contributed by atoms with Gasteiger partial charge in [0.15, 0.2) is 37.0 Å². The van der Waals surface area contributed by atoms with Gasteiger partial charge in [0.25, 0.3) is 0 Å². The second kappa shape index (κ2) is 15.4. The molecule has 2 aliphatic carbocycles. The van der Waals surface area contributed by atoms with Gasteiger partial charge in [0.05, 0.1) is 42.6 Å². The molecular formula is C39H34F5NO14. The molecule has 0 unspecified atom stereocenters. The molecule has 3 saturated heterocycles. The number of halogens is 5. The van der Waals surface area contributed by atoms with Crippen molar-refractivity contribution < 1.29 is 89.2 Å². The first-order chi connectivity index (χ1) is 28.2. The van der Waals surface area contributed by atoms with Gasteiger partial charge in [0.2, 0.25) is 40.6 Å². The molecule has 15 nitrogen and oxygen atoms in total. The van der Waals surface area contributed by atoms with Crippen LogP contribution in [-0.2, 0) is 39.6 Å². The highest BCUT2D eigenvalue weighted by Gasteiger charge is 2.54. The number of carbonyl (C=O) groups excluding carboxylic acids is 4. The van der Waals surface area contributed by atoms with Crippen molar-refractivity contribution in [2.45, 2.75) is 69.3 Å². The van der Waals surface area contributed by atoms with Gasteiger partial charge < -0.3 is 48.1 Å². The molecule has 5 aliphatic rings. The molecule has 3 heterocycles. The summed E-state index contributed by atoms with van der Waals surface area (Å²) >= 11 is 0. The number of benzene rings is 3. The molecule has 3 aromatic rings. The van der Waals surface area contributed by atoms with Crippen LogP contribution in [0.1, 0.15) is 68.8 Å². The van der Waals surface area contributed by atoms with Gasteiger partial charge in [-0.3, -0.25) is 19.3 Å². The third-order valence-corrected chi connectivity index (χ3v) is 11.3. The van der Waals surface area contributed by atoms with Gasteiger partial charge in [-0.25, -0.2) is 18.0 Å². The normalized spacial score (nSPS) is 27.3. The van der Waals surface area contributed by atoms with Gasteiger partial charge in [-0.2, -0.15) is 8.78 Å². The average molecular weight is 836 g/mol. The Hall–Kier alpha value is -5.25. The highest BCUT2D eigenvalue weighted by atomic mass is 19.2. The van der Waals surface area contributed by atoms with E-state index in [4.69, 9.17) is 33.2 Å². The van der Waals surface area contributed by atoms with Crippen molar-refractivity contribution >= 4 is 23.5 Å². The maximum atomic E-state index is 14.1. The van der Waals surface area contributed by atoms with E-state index in [1.165, 1.54) is 32.4 Å². The van der Waals surface area contributed by atoms with Crippen molar-refractivity contribution in [3.05, 3.63) is 80.7 Å². The summed E-state index contributed by atoms with van der Waals surface area (Å²) in [6.45, 7) is 1.42. The van der Waals surface area contributed by atoms with Gasteiger partial charge in [0, 0.05) is 48.7 Å². The molecule has 0 aromatic heterocycles. The highest BCUT2D eigenvalue weighted by molar-refractivity contribution is 6.31. The smallest absolute Gasteiger partial charge is 0.507 e. The van der Waals surface area contributed by atoms with E-state index in [1.807, 2.05) is 0 Å². The lowest BCUT2D eigenvalue weighted by Crippen LogP contribution is -2.55. The summed E-state index contributed by atoms with van der Waals surface area (Å²) in [4.78, 5) is 56.1. The maximum absolute atomic E-state index is 14.1. The molecule has 0 radical (unpaired) electrons. The Kier molecular flexibility index (Phi) is 10.6. The van der Waals surface area contributed by atoms with Crippen LogP contribution in [0.25, 0.3) is 0 Å². The van der Waals surface area contributed by atoms with Crippen LogP contribution in [-0.4, -0.2) is 110 Å². The lowest BCUT2D eigenvalue weighted by Gasteiger charge is -2.42. The molecule has 0 amide bonds. The first-order valence-corrected chi connectivity index (χ1v) is 18.3. The van der Waals surface area contributed by atoms with E-state index in [9.17, 15) is 51.3 Å². The Balaban J connectivity index is 1.11. The van der Waals surface area contributed by atoms with E-state index in [-0.39, 0.29) is 46.9 Å². The number of phenolic OH excluding ortho intramolecular Hbond substituents is 2. The summed E-state index contributed by atoms with van der Waals surface area (Å²) in [5.41, 5.74) is -1.62. The third-order valence-electron chi connectivity index (χ3n) is 11.3. The van der Waals surface area contributed by atoms with Gasteiger partial charge in [0.1, 0.15) is 23.4 Å². The van der Waals surface area contributed by atoms with Crippen molar-refractivity contribution in [1.82, 2.24) is 4.90 Å². The molecule has 3 aromatic carbocycles. The van der Waals surface area contributed by atoms with Crippen LogP contribution >= 0.6 is 0 Å². The first kappa shape index (κ1) is 40.5. The summed E-state index contributed by atoms with van der Waals surface area (Å²) in [6, 6.07) is 3.97. The monoisotopic (exact) mass is 835 g/mol. The van der Waals surface area contributed by atoms with Crippen LogP contribution in [0.15, 0.2) is 18.2 Å². The number of Topliss-reactive ketones (excluding diaryl/α,β-unsaturated/α-hetero) is 1. The van der Waals surface area contributed by atoms with Gasteiger partial charge >= 0.3 is 6.16 Å². The van der Waals surface area contributed by atoms with E-state index >= 15 is 0 Å². The molecule has 3 aliphatic heterocycles. The molecule has 59 heavy (non-hydrogen) atoms. The molecule has 2 N–H and O–H groups in total. The zero-order valence-corrected chi connectivity index (χ0v) is 31.2. The number of fused-ring (bicyclic) bond motifs is 6. The van der Waals surface area contributed by atoms with E-state index in [2.05, 4.69) is 9.64 Å². The largest absolute Gasteiger partial charge is 0.514 e. The first-order valence-electron chi connectivity index (χ1n) is 18.3. The number of morpholine rings is 1. The number of rotatable bonds is 8. The van der Waals surface area contributed by atoms with Gasteiger partial charge in [-0.1, -0.05) is 12.1 Å². The number of carbonyl (C=O) groups is 4. The lowest BCUT2D eigenvalue weighted by atomic mass is 9.73. The molecule has 8 atom stereocenters. The Labute approximate surface area is 330 Å². The van der Waals surface area contributed by atoms with E-state index in [0.717, 1.165) is 0 Å². The van der Waals surface area contributed by atoms with Crippen LogP contribution in [0, 0.1) is 35.0 Å². The van der Waals surface area contributed by atoms with Crippen molar-refractivity contribution in [3.63, 3.8) is 0 Å². The lowest BCUT2D eigenvalue weighted by molar-refractivity contribution is -0.254. The third kappa shape index (κ3) is 6.57. The van der Waals surface area contributed by atoms with Crippen molar-refractivity contribution in [3.8, 4) is 23.0 Å². The number of ether oxygens (including phenoxy) is 8. The molecule has 0 bridgehead atoms. The fourth-order valence-electron chi connectivity index (χ4n) is 8.58. The molecule has 20 heteroatoms. The molecule has 314 valence electrons. The second-order valence-electron chi connectivity index (χ2n) is 14.4. The SMILES string of the molecule is COc1cccc2c1C(=O)c1c(O)c3c(c(O)c1C2=O)C[C@@H](C(=O)COC(=O)Oc1c(F)c(F)c(F)c(F)c1F)C[C@@H]3O[C@H]1C[C@H]2[C@H](O[C@@H]3[C@@H](OC)OCCN32)[C@H](C)O1. The minimum atomic E-state index is -2.50. The number of nitrogens with zero attached hydrogens (tertiary/aromatic N) is 1. The fraction of sp³-hybridized carbons (Fsp3) is 0.436. The fourth-order valence-corrected chi connectivity index (χ4v) is 8.58. The zero-order chi connectivity index (χ0) is 42.2. The van der Waals surface area contributed by atoms with E-state index in [1.54, 1.807) is 6.92 Å². The Morgan fingerprint density at radius 3 is 2.29 bits per heavy atom. The standard InChI is InChI=1S/C39H34F5NO14/c1-13-35-17(45-7-8-54-38(53-3)37(45)58-35)11-21(56-13)57-20-10-14(18(46)12-55-39(51)59-36-29(43)27(41)26(40)28(42)30(36)44)9-16-23(20)34(50)25-24(32(16)48)31(47)15-5-4-6-19(52-2)22(15)33(25)49/h4-6,13-14,17,20-21,35,37-38,48,50H,7-12H2,1-3H3/t13-,14+,17-,20-,21-,35+,37+,38-/m0/s1. The average Bonchev–Trinajstić information content (AvgIpc) is 3.62. The predicted octanol–water partition coefficient (Wildman–Crippen LogP) is 4.52. The summed E-state index contributed by atoms with van der Waals surface area (Å²) in [5, 5.41) is 23.7. The number of hydrogen-bond acceptors (Lipinski definition) is 15. The van der Waals surface area contributed by atoms with Crippen molar-refractivity contribution in [1.29, 1.82) is 0 Å². The Bertz CT molecular complexity index is 2260. The summed E-state index contributed by atoms with van der Waals surface area (Å²) in [7, 11) is 2.77. The number of aromatic hydroxyl groups is 2. The minimum Gasteiger partial charge on any atom is -0.507 e. The summed E-state index contributed by atoms with van der Waals surface area (Å²) in [5.74, 6) is -19.4. The summed E-state index contributed by atoms with van der Waals surface area (Å²) in [6.07, 6.45) is -7.15. The number of methoxy groups -OCH3 is 2. The van der Waals surface area contributed by atoms with Crippen LogP contribution in [0.4, 0.5) is 26.7 Å². The maximum Gasteiger partial charge on any atom is 0.514 e.